The second-order valence-corrected chi connectivity index (χ2v) is 6.75. The van der Waals surface area contributed by atoms with E-state index in [9.17, 15) is 9.59 Å². The van der Waals surface area contributed by atoms with E-state index >= 15 is 0 Å². The molecule has 1 aromatic rings. The number of rotatable bonds is 5. The maximum absolute atomic E-state index is 12.3. The summed E-state index contributed by atoms with van der Waals surface area (Å²) in [5.41, 5.74) is -0.108. The van der Waals surface area contributed by atoms with Crippen molar-refractivity contribution in [3.63, 3.8) is 0 Å². The Hall–Kier alpha value is -1.69. The van der Waals surface area contributed by atoms with E-state index in [1.165, 1.54) is 7.11 Å². The van der Waals surface area contributed by atoms with Gasteiger partial charge in [0.05, 0.1) is 13.5 Å². The highest BCUT2D eigenvalue weighted by Gasteiger charge is 2.50. The molecule has 0 N–H and O–H groups in total. The molecule has 6 heteroatoms. The third-order valence-corrected chi connectivity index (χ3v) is 4.61. The number of ether oxygens (including phenoxy) is 2. The topological polar surface area (TPSA) is 65.0 Å². The molecule has 0 unspecified atom stereocenters. The molecule has 0 saturated carbocycles. The molecule has 0 fully saturated rings. The van der Waals surface area contributed by atoms with Gasteiger partial charge in [-0.1, -0.05) is 54.9 Å². The molecule has 2 atom stereocenters. The van der Waals surface area contributed by atoms with E-state index in [1.54, 1.807) is 0 Å². The van der Waals surface area contributed by atoms with Gasteiger partial charge in [0.25, 0.3) is 0 Å². The van der Waals surface area contributed by atoms with E-state index in [4.69, 9.17) is 9.47 Å². The smallest absolute Gasteiger partial charge is 0.355 e. The average Bonchev–Trinajstić information content (AvgIpc) is 2.86. The molecule has 0 spiro atoms. The van der Waals surface area contributed by atoms with E-state index in [1.807, 2.05) is 45.0 Å². The van der Waals surface area contributed by atoms with Gasteiger partial charge in [-0.05, 0) is 6.07 Å². The average molecular weight is 382 g/mol. The highest BCUT2D eigenvalue weighted by atomic mass is 79.9. The molecule has 5 nitrogen and oxygen atoms in total. The summed E-state index contributed by atoms with van der Waals surface area (Å²) in [5.74, 6) is -1.23. The fourth-order valence-corrected chi connectivity index (χ4v) is 3.19. The predicted octanol–water partition coefficient (Wildman–Crippen LogP) is 3.45. The summed E-state index contributed by atoms with van der Waals surface area (Å²) in [5, 5.41) is 0. The summed E-state index contributed by atoms with van der Waals surface area (Å²) in [6, 6.07) is 7.43. The number of carbonyl (C=O) groups is 2. The van der Waals surface area contributed by atoms with Crippen LogP contribution < -0.4 is 0 Å². The lowest BCUT2D eigenvalue weighted by Crippen LogP contribution is -2.35. The first-order chi connectivity index (χ1) is 10.8. The molecule has 0 radical (unpaired) electrons. The van der Waals surface area contributed by atoms with Crippen LogP contribution in [0.4, 0.5) is 0 Å². The lowest BCUT2D eigenvalue weighted by molar-refractivity contribution is -0.158. The van der Waals surface area contributed by atoms with Crippen molar-refractivity contribution in [3.05, 3.63) is 34.3 Å². The van der Waals surface area contributed by atoms with E-state index < -0.39 is 11.7 Å². The lowest BCUT2D eigenvalue weighted by atomic mass is 9.88. The third-order valence-electron chi connectivity index (χ3n) is 3.92. The first-order valence-electron chi connectivity index (χ1n) is 7.46. The van der Waals surface area contributed by atoms with Gasteiger partial charge in [0.1, 0.15) is 5.71 Å². The number of nitrogens with zero attached hydrogens (tertiary/aromatic N) is 1. The second kappa shape index (κ2) is 6.83. The van der Waals surface area contributed by atoms with E-state index in [0.717, 1.165) is 10.0 Å². The maximum Gasteiger partial charge on any atom is 0.355 e. The fraction of sp³-hybridized carbons (Fsp3) is 0.471. The van der Waals surface area contributed by atoms with Crippen LogP contribution in [0, 0.1) is 11.8 Å². The molecule has 1 heterocycles. The molecular formula is C17H20BrNO4. The number of esters is 2. The molecule has 0 bridgehead atoms. The molecule has 0 aromatic heterocycles. The Balaban J connectivity index is 2.55. The van der Waals surface area contributed by atoms with Crippen LogP contribution in [-0.2, 0) is 24.8 Å². The zero-order chi connectivity index (χ0) is 17.2. The molecule has 0 saturated heterocycles. The number of methoxy groups -OCH3 is 1. The number of cyclic esters (lactones) is 1. The zero-order valence-electron chi connectivity index (χ0n) is 13.6. The predicted molar refractivity (Wildman–Crippen MR) is 90.0 cm³/mol. The molecule has 0 amide bonds. The van der Waals surface area contributed by atoms with Crippen LogP contribution in [0.2, 0.25) is 0 Å². The van der Waals surface area contributed by atoms with Gasteiger partial charge < -0.3 is 9.47 Å². The summed E-state index contributed by atoms with van der Waals surface area (Å²) in [4.78, 5) is 28.6. The van der Waals surface area contributed by atoms with Crippen molar-refractivity contribution in [3.8, 4) is 0 Å². The molecule has 0 aliphatic carbocycles. The maximum atomic E-state index is 12.3. The highest BCUT2D eigenvalue weighted by molar-refractivity contribution is 9.10. The first-order valence-corrected chi connectivity index (χ1v) is 8.26. The largest absolute Gasteiger partial charge is 0.469 e. The van der Waals surface area contributed by atoms with Crippen molar-refractivity contribution in [2.24, 2.45) is 16.8 Å². The minimum Gasteiger partial charge on any atom is -0.469 e. The van der Waals surface area contributed by atoms with Crippen molar-refractivity contribution < 1.29 is 19.1 Å². The van der Waals surface area contributed by atoms with Crippen molar-refractivity contribution in [2.45, 2.75) is 32.9 Å². The van der Waals surface area contributed by atoms with Crippen LogP contribution in [0.25, 0.3) is 0 Å². The van der Waals surface area contributed by atoms with E-state index in [0.29, 0.717) is 5.71 Å². The summed E-state index contributed by atoms with van der Waals surface area (Å²) in [6.07, 6.45) is 0.0972. The Kier molecular flexibility index (Phi) is 5.24. The Morgan fingerprint density at radius 1 is 1.35 bits per heavy atom. The van der Waals surface area contributed by atoms with Crippen molar-refractivity contribution in [2.75, 3.05) is 7.11 Å². The number of aliphatic imine (C=N–C) groups is 1. The quantitative estimate of drug-likeness (QED) is 0.732. The first kappa shape index (κ1) is 17.7. The Bertz CT molecular complexity index is 656. The van der Waals surface area contributed by atoms with Crippen LogP contribution in [0.15, 0.2) is 33.7 Å². The molecule has 2 rings (SSSR count). The number of halogens is 1. The SMILES string of the molecule is COC(=O)C[C@@H](C)[C@@]1(c2ccccc2Br)N=C(C(C)C)C(=O)O1. The van der Waals surface area contributed by atoms with Gasteiger partial charge in [-0.2, -0.15) is 0 Å². The van der Waals surface area contributed by atoms with Crippen molar-refractivity contribution in [1.29, 1.82) is 0 Å². The molecule has 124 valence electrons. The molecule has 1 aromatic carbocycles. The number of carbonyl (C=O) groups excluding carboxylic acids is 2. The van der Waals surface area contributed by atoms with Gasteiger partial charge in [-0.3, -0.25) is 4.79 Å². The fourth-order valence-electron chi connectivity index (χ4n) is 2.62. The standard InChI is InChI=1S/C17H20BrNO4/c1-10(2)15-16(21)23-17(19-15,11(3)9-14(20)22-4)12-7-5-6-8-13(12)18/h5-8,10-11H,9H2,1-4H3/t11-,17-/m1/s1. The highest BCUT2D eigenvalue weighted by Crippen LogP contribution is 2.44. The molecule has 1 aliphatic heterocycles. The number of benzene rings is 1. The monoisotopic (exact) mass is 381 g/mol. The van der Waals surface area contributed by atoms with Gasteiger partial charge in [0.15, 0.2) is 0 Å². The zero-order valence-corrected chi connectivity index (χ0v) is 15.2. The summed E-state index contributed by atoms with van der Waals surface area (Å²) < 4.78 is 11.2. The van der Waals surface area contributed by atoms with Crippen LogP contribution in [0.5, 0.6) is 0 Å². The van der Waals surface area contributed by atoms with Gasteiger partial charge >= 0.3 is 11.9 Å². The normalized spacial score (nSPS) is 21.8. The minimum absolute atomic E-state index is 0.0582. The summed E-state index contributed by atoms with van der Waals surface area (Å²) in [7, 11) is 1.34. The van der Waals surface area contributed by atoms with E-state index in [2.05, 4.69) is 20.9 Å². The third kappa shape index (κ3) is 3.32. The molecule has 1 aliphatic rings. The molecule has 23 heavy (non-hydrogen) atoms. The van der Waals surface area contributed by atoms with Crippen LogP contribution in [0.3, 0.4) is 0 Å². The van der Waals surface area contributed by atoms with Crippen LogP contribution in [-0.4, -0.2) is 24.8 Å². The van der Waals surface area contributed by atoms with E-state index in [-0.39, 0.29) is 24.2 Å². The van der Waals surface area contributed by atoms with Crippen molar-refractivity contribution in [1.82, 2.24) is 0 Å². The minimum atomic E-state index is -1.22. The second-order valence-electron chi connectivity index (χ2n) is 5.90. The Morgan fingerprint density at radius 3 is 2.52 bits per heavy atom. The Morgan fingerprint density at radius 2 is 2.00 bits per heavy atom. The van der Waals surface area contributed by atoms with Gasteiger partial charge in [-0.25, -0.2) is 9.79 Å². The summed E-state index contributed by atoms with van der Waals surface area (Å²) >= 11 is 3.49. The number of hydrogen-bond donors (Lipinski definition) is 0. The van der Waals surface area contributed by atoms with Crippen LogP contribution in [0.1, 0.15) is 32.8 Å². The van der Waals surface area contributed by atoms with Crippen molar-refractivity contribution >= 4 is 33.6 Å². The van der Waals surface area contributed by atoms with Gasteiger partial charge in [0, 0.05) is 21.9 Å². The number of hydrogen-bond acceptors (Lipinski definition) is 5. The summed E-state index contributed by atoms with van der Waals surface area (Å²) in [6.45, 7) is 5.61. The van der Waals surface area contributed by atoms with Crippen LogP contribution >= 0.6 is 15.9 Å². The lowest BCUT2D eigenvalue weighted by Gasteiger charge is -2.32. The Labute approximate surface area is 144 Å². The molecular weight excluding hydrogens is 362 g/mol. The van der Waals surface area contributed by atoms with Gasteiger partial charge in [0.2, 0.25) is 5.72 Å². The van der Waals surface area contributed by atoms with Gasteiger partial charge in [-0.15, -0.1) is 0 Å².